The molecule has 0 aliphatic carbocycles. The molecule has 1 fully saturated rings. The Labute approximate surface area is 392 Å². The first-order valence-corrected chi connectivity index (χ1v) is 22.7. The Morgan fingerprint density at radius 3 is 2.21 bits per heavy atom. The number of hydrogen-bond donors (Lipinski definition) is 12. The SMILES string of the molecule is CCCCC(=O)N[C@H]1CCC(=O)NCCC(C(=O)N[C@@H](Cc2c[nH]c3ccccc23)C(N)=O)NC(=O)[C@H](CCCN=C(N)N)NC(=O)[C@@H](Cc2ccccc2)NC(=O)[C@H](Cc2cnc[nH]2)NC1=O. The maximum Gasteiger partial charge on any atom is 0.243 e. The molecule has 15 N–H and O–H groups in total. The summed E-state index contributed by atoms with van der Waals surface area (Å²) >= 11 is 0. The number of H-pyrrole nitrogens is 2. The summed E-state index contributed by atoms with van der Waals surface area (Å²) in [4.78, 5) is 125. The van der Waals surface area contributed by atoms with Crippen molar-refractivity contribution >= 4 is 64.1 Å². The highest BCUT2D eigenvalue weighted by atomic mass is 16.2. The molecule has 1 aliphatic rings. The number of primary amides is 1. The number of para-hydroxylation sites is 1. The molecule has 22 nitrogen and oxygen atoms in total. The minimum Gasteiger partial charge on any atom is -0.370 e. The normalized spacial score (nSPS) is 20.4. The molecule has 2 aromatic carbocycles. The van der Waals surface area contributed by atoms with Crippen molar-refractivity contribution in [3.05, 3.63) is 90.1 Å². The summed E-state index contributed by atoms with van der Waals surface area (Å²) in [6.45, 7) is 1.81. The summed E-state index contributed by atoms with van der Waals surface area (Å²) in [6.07, 6.45) is 5.28. The molecule has 0 spiro atoms. The molecular formula is C46H62N14O8. The second-order valence-electron chi connectivity index (χ2n) is 16.6. The Hall–Kier alpha value is -7.78. The summed E-state index contributed by atoms with van der Waals surface area (Å²) in [5.41, 5.74) is 19.5. The van der Waals surface area contributed by atoms with Gasteiger partial charge in [0.2, 0.25) is 47.3 Å². The minimum atomic E-state index is -1.40. The van der Waals surface area contributed by atoms with E-state index in [9.17, 15) is 38.4 Å². The van der Waals surface area contributed by atoms with E-state index < -0.39 is 83.5 Å². The lowest BCUT2D eigenvalue weighted by molar-refractivity contribution is -0.135. The second-order valence-corrected chi connectivity index (χ2v) is 16.6. The predicted octanol–water partition coefficient (Wildman–Crippen LogP) is -1.14. The molecule has 2 aromatic heterocycles. The van der Waals surface area contributed by atoms with Gasteiger partial charge in [0.1, 0.15) is 36.3 Å². The van der Waals surface area contributed by atoms with Gasteiger partial charge in [-0.2, -0.15) is 0 Å². The second kappa shape index (κ2) is 25.8. The van der Waals surface area contributed by atoms with E-state index >= 15 is 0 Å². The number of nitrogens with two attached hydrogens (primary N) is 3. The van der Waals surface area contributed by atoms with Crippen LogP contribution in [-0.2, 0) is 57.6 Å². The summed E-state index contributed by atoms with van der Waals surface area (Å²) in [7, 11) is 0. The lowest BCUT2D eigenvalue weighted by atomic mass is 10.0. The van der Waals surface area contributed by atoms with Gasteiger partial charge >= 0.3 is 0 Å². The van der Waals surface area contributed by atoms with Crippen molar-refractivity contribution in [2.75, 3.05) is 13.1 Å². The third-order valence-corrected chi connectivity index (χ3v) is 11.3. The van der Waals surface area contributed by atoms with Crippen LogP contribution in [0.2, 0.25) is 0 Å². The van der Waals surface area contributed by atoms with Crippen molar-refractivity contribution in [2.45, 2.75) is 114 Å². The molecule has 1 aliphatic heterocycles. The lowest BCUT2D eigenvalue weighted by Crippen LogP contribution is -2.60. The quantitative estimate of drug-likeness (QED) is 0.0341. The van der Waals surface area contributed by atoms with Crippen molar-refractivity contribution in [1.29, 1.82) is 0 Å². The van der Waals surface area contributed by atoms with Crippen LogP contribution in [0.4, 0.5) is 0 Å². The summed E-state index contributed by atoms with van der Waals surface area (Å²) in [5, 5.41) is 19.8. The largest absolute Gasteiger partial charge is 0.370 e. The predicted molar refractivity (Wildman–Crippen MR) is 252 cm³/mol. The smallest absolute Gasteiger partial charge is 0.243 e. The van der Waals surface area contributed by atoms with Gasteiger partial charge in [0.05, 0.1) is 6.33 Å². The molecule has 68 heavy (non-hydrogen) atoms. The van der Waals surface area contributed by atoms with Crippen LogP contribution in [0.25, 0.3) is 10.9 Å². The fourth-order valence-electron chi connectivity index (χ4n) is 7.62. The van der Waals surface area contributed by atoms with Crippen molar-refractivity contribution in [3.8, 4) is 0 Å². The average molecular weight is 939 g/mol. The molecule has 4 aromatic rings. The number of aliphatic imine (C=N–C) groups is 1. The van der Waals surface area contributed by atoms with Crippen LogP contribution in [0.3, 0.4) is 0 Å². The number of benzene rings is 2. The topological polar surface area (TPSA) is 356 Å². The lowest BCUT2D eigenvalue weighted by Gasteiger charge is -2.27. The number of amides is 8. The Balaban J connectivity index is 1.49. The monoisotopic (exact) mass is 938 g/mol. The zero-order valence-corrected chi connectivity index (χ0v) is 38.0. The number of fused-ring (bicyclic) bond motifs is 1. The van der Waals surface area contributed by atoms with Gasteiger partial charge < -0.3 is 64.4 Å². The number of guanidine groups is 1. The van der Waals surface area contributed by atoms with E-state index in [1.807, 2.05) is 31.2 Å². The first-order chi connectivity index (χ1) is 32.7. The molecule has 8 amide bonds. The van der Waals surface area contributed by atoms with E-state index in [1.54, 1.807) is 36.5 Å². The van der Waals surface area contributed by atoms with E-state index in [0.717, 1.165) is 10.9 Å². The van der Waals surface area contributed by atoms with E-state index in [-0.39, 0.29) is 76.8 Å². The molecule has 0 radical (unpaired) electrons. The van der Waals surface area contributed by atoms with Gasteiger partial charge in [-0.25, -0.2) is 4.98 Å². The van der Waals surface area contributed by atoms with Crippen LogP contribution in [0, 0.1) is 0 Å². The highest BCUT2D eigenvalue weighted by Gasteiger charge is 2.34. The number of imidazole rings is 1. The highest BCUT2D eigenvalue weighted by molar-refractivity contribution is 5.97. The number of nitrogens with zero attached hydrogens (tertiary/aromatic N) is 2. The molecular weight excluding hydrogens is 877 g/mol. The van der Waals surface area contributed by atoms with Gasteiger partial charge in [0, 0.05) is 74.2 Å². The first kappa shape index (κ1) is 51.2. The molecule has 6 atom stereocenters. The molecule has 1 saturated heterocycles. The number of carbonyl (C=O) groups excluding carboxylic acids is 8. The van der Waals surface area contributed by atoms with E-state index in [1.165, 1.54) is 12.5 Å². The number of carbonyl (C=O) groups is 8. The Bertz CT molecular complexity index is 2380. The van der Waals surface area contributed by atoms with E-state index in [4.69, 9.17) is 17.2 Å². The van der Waals surface area contributed by atoms with Crippen molar-refractivity contribution in [2.24, 2.45) is 22.2 Å². The Kier molecular flexibility index (Phi) is 19.4. The van der Waals surface area contributed by atoms with Crippen molar-refractivity contribution in [3.63, 3.8) is 0 Å². The number of hydrogen-bond acceptors (Lipinski definition) is 10. The maximum atomic E-state index is 14.5. The van der Waals surface area contributed by atoms with Crippen LogP contribution in [0.15, 0.2) is 78.3 Å². The Morgan fingerprint density at radius 1 is 0.809 bits per heavy atom. The minimum absolute atomic E-state index is 0.00690. The summed E-state index contributed by atoms with van der Waals surface area (Å²) in [6, 6.07) is 8.29. The van der Waals surface area contributed by atoms with Crippen LogP contribution in [0.1, 0.15) is 75.1 Å². The van der Waals surface area contributed by atoms with Crippen LogP contribution in [0.5, 0.6) is 0 Å². The zero-order chi connectivity index (χ0) is 49.0. The van der Waals surface area contributed by atoms with Crippen LogP contribution in [-0.4, -0.2) is 118 Å². The fraction of sp³-hybridized carbons (Fsp3) is 0.435. The number of nitrogens with one attached hydrogen (secondary N) is 9. The van der Waals surface area contributed by atoms with Gasteiger partial charge in [-0.1, -0.05) is 61.9 Å². The first-order valence-electron chi connectivity index (χ1n) is 22.7. The number of rotatable bonds is 17. The summed E-state index contributed by atoms with van der Waals surface area (Å²) < 4.78 is 0. The molecule has 364 valence electrons. The standard InChI is InChI=1S/C46H62N14O8/c1-2-3-15-39(62)55-33-16-17-38(61)51-20-18-34(43(66)58-35(40(47)63)22-28-24-53-31-13-8-7-12-30(28)31)57-41(64)32(14-9-19-52-46(48)49)56-44(67)36(21-27-10-5-4-6-11-27)59-45(68)37(60-42(33)65)23-29-25-50-26-54-29/h4-8,10-13,24-26,32-37,53H,2-3,9,14-23H2,1H3,(H2,47,63)(H,50,54)(H,51,61)(H,55,62)(H,56,67)(H,57,64)(H,58,66)(H,59,68)(H,60,65)(H4,48,49,52)/t32-,33-,34?,35-,36+,37-/m0/s1. The average Bonchev–Trinajstić information content (AvgIpc) is 3.99. The number of aromatic nitrogens is 3. The highest BCUT2D eigenvalue weighted by Crippen LogP contribution is 2.19. The Morgan fingerprint density at radius 2 is 1.50 bits per heavy atom. The number of aromatic amines is 2. The van der Waals surface area contributed by atoms with Crippen LogP contribution >= 0.6 is 0 Å². The van der Waals surface area contributed by atoms with Gasteiger partial charge in [0.15, 0.2) is 5.96 Å². The van der Waals surface area contributed by atoms with Gasteiger partial charge in [-0.05, 0) is 49.3 Å². The third kappa shape index (κ3) is 16.0. The van der Waals surface area contributed by atoms with Gasteiger partial charge in [-0.3, -0.25) is 43.3 Å². The van der Waals surface area contributed by atoms with Gasteiger partial charge in [0.25, 0.3) is 0 Å². The van der Waals surface area contributed by atoms with Crippen molar-refractivity contribution < 1.29 is 38.4 Å². The third-order valence-electron chi connectivity index (χ3n) is 11.3. The molecule has 1 unspecified atom stereocenters. The van der Waals surface area contributed by atoms with Gasteiger partial charge in [-0.15, -0.1) is 0 Å². The molecule has 5 rings (SSSR count). The van der Waals surface area contributed by atoms with E-state index in [0.29, 0.717) is 29.7 Å². The van der Waals surface area contributed by atoms with E-state index in [2.05, 4.69) is 57.2 Å². The molecule has 0 bridgehead atoms. The summed E-state index contributed by atoms with van der Waals surface area (Å²) in [5.74, 6) is -5.96. The van der Waals surface area contributed by atoms with Crippen LogP contribution < -0.4 is 54.4 Å². The maximum absolute atomic E-state index is 14.5. The number of unbranched alkanes of at least 4 members (excludes halogenated alkanes) is 1. The van der Waals surface area contributed by atoms with Crippen molar-refractivity contribution in [1.82, 2.24) is 52.2 Å². The molecule has 3 heterocycles. The molecule has 22 heteroatoms. The fourth-order valence-corrected chi connectivity index (χ4v) is 7.62. The zero-order valence-electron chi connectivity index (χ0n) is 38.0. The molecule has 0 saturated carbocycles.